The SMILES string of the molecule is CCC(C)Oc1cc(C)ccc1CNC(=NC)NCC1(OC)CCOCC1.I. The number of methoxy groups -OCH3 is 1. The molecular weight excluding hydrogens is 469 g/mol. The second kappa shape index (κ2) is 12.5. The van der Waals surface area contributed by atoms with Gasteiger partial charge in [-0.25, -0.2) is 0 Å². The average Bonchev–Trinajstić information content (AvgIpc) is 2.70. The van der Waals surface area contributed by atoms with Crippen LogP contribution in [0.5, 0.6) is 5.75 Å². The topological polar surface area (TPSA) is 64.1 Å². The van der Waals surface area contributed by atoms with Crippen LogP contribution in [-0.2, 0) is 16.0 Å². The number of aryl methyl sites for hydroxylation is 1. The molecule has 7 heteroatoms. The molecule has 6 nitrogen and oxygen atoms in total. The minimum absolute atomic E-state index is 0. The Morgan fingerprint density at radius 1 is 1.29 bits per heavy atom. The molecule has 0 spiro atoms. The molecule has 0 bridgehead atoms. The summed E-state index contributed by atoms with van der Waals surface area (Å²) in [6.45, 7) is 9.14. The van der Waals surface area contributed by atoms with Crippen LogP contribution in [0.25, 0.3) is 0 Å². The van der Waals surface area contributed by atoms with Crippen molar-refractivity contribution in [1.82, 2.24) is 10.6 Å². The predicted molar refractivity (Wildman–Crippen MR) is 125 cm³/mol. The Morgan fingerprint density at radius 3 is 2.61 bits per heavy atom. The summed E-state index contributed by atoms with van der Waals surface area (Å²) in [6, 6.07) is 6.32. The van der Waals surface area contributed by atoms with Crippen molar-refractivity contribution in [3.63, 3.8) is 0 Å². The van der Waals surface area contributed by atoms with Crippen molar-refractivity contribution >= 4 is 29.9 Å². The molecular formula is C21H36IN3O3. The standard InChI is InChI=1S/C21H35N3O3.HI/c1-6-17(3)27-19-13-16(2)7-8-18(19)14-23-20(22-4)24-15-21(25-5)9-11-26-12-10-21;/h7-8,13,17H,6,9-12,14-15H2,1-5H3,(H2,22,23,24);1H. The Labute approximate surface area is 186 Å². The summed E-state index contributed by atoms with van der Waals surface area (Å²) >= 11 is 0. The second-order valence-electron chi connectivity index (χ2n) is 7.23. The third-order valence-corrected chi connectivity index (χ3v) is 5.21. The zero-order valence-electron chi connectivity index (χ0n) is 17.8. The number of guanidine groups is 1. The number of ether oxygens (including phenoxy) is 3. The van der Waals surface area contributed by atoms with E-state index in [2.05, 4.69) is 54.6 Å². The lowest BCUT2D eigenvalue weighted by Crippen LogP contribution is -2.50. The van der Waals surface area contributed by atoms with Crippen LogP contribution in [0.2, 0.25) is 0 Å². The third-order valence-electron chi connectivity index (χ3n) is 5.21. The van der Waals surface area contributed by atoms with Crippen molar-refractivity contribution < 1.29 is 14.2 Å². The van der Waals surface area contributed by atoms with Crippen LogP contribution in [0.15, 0.2) is 23.2 Å². The first-order valence-corrected chi connectivity index (χ1v) is 9.85. The molecule has 0 aliphatic carbocycles. The zero-order valence-corrected chi connectivity index (χ0v) is 20.2. The molecule has 1 unspecified atom stereocenters. The van der Waals surface area contributed by atoms with Crippen LogP contribution in [0.3, 0.4) is 0 Å². The van der Waals surface area contributed by atoms with Crippen LogP contribution in [0.4, 0.5) is 0 Å². The fourth-order valence-electron chi connectivity index (χ4n) is 3.06. The lowest BCUT2D eigenvalue weighted by molar-refractivity contribution is -0.0855. The summed E-state index contributed by atoms with van der Waals surface area (Å²) in [6.07, 6.45) is 2.95. The number of nitrogens with zero attached hydrogens (tertiary/aromatic N) is 1. The second-order valence-corrected chi connectivity index (χ2v) is 7.23. The monoisotopic (exact) mass is 505 g/mol. The first-order valence-electron chi connectivity index (χ1n) is 9.85. The van der Waals surface area contributed by atoms with Crippen molar-refractivity contribution in [2.75, 3.05) is 33.9 Å². The minimum atomic E-state index is -0.190. The van der Waals surface area contributed by atoms with E-state index in [-0.39, 0.29) is 35.7 Å². The summed E-state index contributed by atoms with van der Waals surface area (Å²) < 4.78 is 17.3. The van der Waals surface area contributed by atoms with Gasteiger partial charge >= 0.3 is 0 Å². The van der Waals surface area contributed by atoms with Gasteiger partial charge in [-0.15, -0.1) is 24.0 Å². The van der Waals surface area contributed by atoms with E-state index in [1.165, 1.54) is 5.56 Å². The first-order chi connectivity index (χ1) is 13.0. The van der Waals surface area contributed by atoms with E-state index in [0.29, 0.717) is 13.1 Å². The number of halogens is 1. The highest BCUT2D eigenvalue weighted by atomic mass is 127. The van der Waals surface area contributed by atoms with Gasteiger partial charge in [0.2, 0.25) is 0 Å². The molecule has 1 fully saturated rings. The lowest BCUT2D eigenvalue weighted by atomic mass is 9.94. The summed E-state index contributed by atoms with van der Waals surface area (Å²) in [7, 11) is 3.55. The number of nitrogens with one attached hydrogen (secondary N) is 2. The van der Waals surface area contributed by atoms with E-state index in [4.69, 9.17) is 14.2 Å². The van der Waals surface area contributed by atoms with E-state index in [0.717, 1.165) is 49.7 Å². The molecule has 1 aromatic carbocycles. The molecule has 1 saturated heterocycles. The quantitative estimate of drug-likeness (QED) is 0.321. The lowest BCUT2D eigenvalue weighted by Gasteiger charge is -2.36. The first kappa shape index (κ1) is 25.0. The highest BCUT2D eigenvalue weighted by Gasteiger charge is 2.32. The Bertz CT molecular complexity index is 619. The van der Waals surface area contributed by atoms with Gasteiger partial charge in [-0.2, -0.15) is 0 Å². The molecule has 0 amide bonds. The van der Waals surface area contributed by atoms with E-state index in [9.17, 15) is 0 Å². The van der Waals surface area contributed by atoms with Gasteiger partial charge in [0.25, 0.3) is 0 Å². The maximum absolute atomic E-state index is 6.10. The zero-order chi connectivity index (χ0) is 19.7. The van der Waals surface area contributed by atoms with Crippen LogP contribution >= 0.6 is 24.0 Å². The Morgan fingerprint density at radius 2 is 2.00 bits per heavy atom. The molecule has 0 aromatic heterocycles. The largest absolute Gasteiger partial charge is 0.490 e. The van der Waals surface area contributed by atoms with Crippen LogP contribution in [0.1, 0.15) is 44.2 Å². The van der Waals surface area contributed by atoms with Crippen molar-refractivity contribution in [3.8, 4) is 5.75 Å². The fraction of sp³-hybridized carbons (Fsp3) is 0.667. The van der Waals surface area contributed by atoms with Crippen LogP contribution in [0, 0.1) is 6.92 Å². The maximum atomic E-state index is 6.10. The van der Waals surface area contributed by atoms with Crippen LogP contribution < -0.4 is 15.4 Å². The number of hydrogen-bond donors (Lipinski definition) is 2. The summed E-state index contributed by atoms with van der Waals surface area (Å²) in [4.78, 5) is 4.34. The summed E-state index contributed by atoms with van der Waals surface area (Å²) in [5.41, 5.74) is 2.13. The van der Waals surface area contributed by atoms with Gasteiger partial charge in [0, 0.05) is 58.9 Å². The van der Waals surface area contributed by atoms with Gasteiger partial charge in [0.05, 0.1) is 11.7 Å². The maximum Gasteiger partial charge on any atom is 0.191 e. The number of aliphatic imine (C=N–C) groups is 1. The highest BCUT2D eigenvalue weighted by molar-refractivity contribution is 14.0. The number of rotatable bonds is 8. The van der Waals surface area contributed by atoms with Gasteiger partial charge in [-0.3, -0.25) is 4.99 Å². The van der Waals surface area contributed by atoms with Crippen molar-refractivity contribution in [3.05, 3.63) is 29.3 Å². The molecule has 0 saturated carbocycles. The van der Waals surface area contributed by atoms with Crippen molar-refractivity contribution in [1.29, 1.82) is 0 Å². The van der Waals surface area contributed by atoms with Gasteiger partial charge in [-0.1, -0.05) is 19.1 Å². The van der Waals surface area contributed by atoms with E-state index >= 15 is 0 Å². The molecule has 2 N–H and O–H groups in total. The van der Waals surface area contributed by atoms with Gasteiger partial charge in [-0.05, 0) is 31.9 Å². The van der Waals surface area contributed by atoms with Crippen molar-refractivity contribution in [2.45, 2.75) is 58.3 Å². The van der Waals surface area contributed by atoms with E-state index < -0.39 is 0 Å². The van der Waals surface area contributed by atoms with E-state index in [1.54, 1.807) is 14.2 Å². The molecule has 28 heavy (non-hydrogen) atoms. The molecule has 1 heterocycles. The fourth-order valence-corrected chi connectivity index (χ4v) is 3.06. The third kappa shape index (κ3) is 7.40. The van der Waals surface area contributed by atoms with Crippen LogP contribution in [-0.4, -0.2) is 51.6 Å². The molecule has 0 radical (unpaired) electrons. The Hall–Kier alpha value is -1.06. The average molecular weight is 505 g/mol. The predicted octanol–water partition coefficient (Wildman–Crippen LogP) is 3.65. The summed E-state index contributed by atoms with van der Waals surface area (Å²) in [5, 5.41) is 6.79. The van der Waals surface area contributed by atoms with Crippen molar-refractivity contribution in [2.24, 2.45) is 4.99 Å². The molecule has 1 atom stereocenters. The number of benzene rings is 1. The highest BCUT2D eigenvalue weighted by Crippen LogP contribution is 2.24. The Kier molecular flexibility index (Phi) is 11.1. The summed E-state index contributed by atoms with van der Waals surface area (Å²) in [5.74, 6) is 1.69. The minimum Gasteiger partial charge on any atom is -0.490 e. The van der Waals surface area contributed by atoms with Gasteiger partial charge < -0.3 is 24.8 Å². The number of hydrogen-bond acceptors (Lipinski definition) is 4. The smallest absolute Gasteiger partial charge is 0.191 e. The Balaban J connectivity index is 0.00000392. The van der Waals surface area contributed by atoms with E-state index in [1.807, 2.05) is 0 Å². The van der Waals surface area contributed by atoms with Gasteiger partial charge in [0.15, 0.2) is 5.96 Å². The molecule has 160 valence electrons. The van der Waals surface area contributed by atoms with Gasteiger partial charge in [0.1, 0.15) is 5.75 Å². The normalized spacial score (nSPS) is 17.4. The molecule has 2 rings (SSSR count). The molecule has 1 aliphatic heterocycles. The molecule has 1 aliphatic rings. The molecule has 1 aromatic rings.